The zero-order valence-corrected chi connectivity index (χ0v) is 10.6. The average Bonchev–Trinajstić information content (AvgIpc) is 2.33. The predicted molar refractivity (Wildman–Crippen MR) is 70.6 cm³/mol. The Bertz CT molecular complexity index is 365. The summed E-state index contributed by atoms with van der Waals surface area (Å²) >= 11 is 0. The van der Waals surface area contributed by atoms with Crippen LogP contribution >= 0.6 is 0 Å². The normalized spacial score (nSPS) is 12.1. The third-order valence-electron chi connectivity index (χ3n) is 2.88. The Balaban J connectivity index is 2.61. The third kappa shape index (κ3) is 4.06. The first kappa shape index (κ1) is 13.5. The van der Waals surface area contributed by atoms with Crippen LogP contribution in [0.4, 0.5) is 11.4 Å². The van der Waals surface area contributed by atoms with Gasteiger partial charge in [-0.2, -0.15) is 0 Å². The summed E-state index contributed by atoms with van der Waals surface area (Å²) in [6, 6.07) is 1.72. The number of anilines is 2. The molecule has 1 aromatic rings. The number of nitrogens with one attached hydrogen (secondary N) is 1. The van der Waals surface area contributed by atoms with Crippen LogP contribution in [0.5, 0.6) is 0 Å². The van der Waals surface area contributed by atoms with E-state index in [1.165, 1.54) is 0 Å². The van der Waals surface area contributed by atoms with Crippen LogP contribution < -0.4 is 11.1 Å². The van der Waals surface area contributed by atoms with Crippen LogP contribution in [-0.2, 0) is 4.79 Å². The van der Waals surface area contributed by atoms with E-state index in [0.29, 0.717) is 11.4 Å². The van der Waals surface area contributed by atoms with Crippen molar-refractivity contribution in [3.8, 4) is 0 Å². The summed E-state index contributed by atoms with van der Waals surface area (Å²) in [6.45, 7) is 4.17. The van der Waals surface area contributed by atoms with Gasteiger partial charge in [-0.05, 0) is 18.9 Å². The molecular weight excluding hydrogens is 214 g/mol. The van der Waals surface area contributed by atoms with Gasteiger partial charge in [-0.3, -0.25) is 9.78 Å². The van der Waals surface area contributed by atoms with Crippen LogP contribution in [-0.4, -0.2) is 10.9 Å². The van der Waals surface area contributed by atoms with E-state index in [1.54, 1.807) is 18.5 Å². The van der Waals surface area contributed by atoms with Crippen molar-refractivity contribution in [1.29, 1.82) is 0 Å². The van der Waals surface area contributed by atoms with Crippen molar-refractivity contribution in [2.45, 2.75) is 39.5 Å². The van der Waals surface area contributed by atoms with Gasteiger partial charge in [0.2, 0.25) is 5.91 Å². The summed E-state index contributed by atoms with van der Waals surface area (Å²) in [5, 5.41) is 2.87. The lowest BCUT2D eigenvalue weighted by molar-refractivity contribution is -0.120. The first-order valence-electron chi connectivity index (χ1n) is 6.19. The molecule has 0 aliphatic heterocycles. The molecule has 1 rings (SSSR count). The molecule has 1 aromatic heterocycles. The molecular formula is C13H21N3O. The van der Waals surface area contributed by atoms with Crippen LogP contribution in [0, 0.1) is 5.92 Å². The predicted octanol–water partition coefficient (Wildman–Crippen LogP) is 2.82. The van der Waals surface area contributed by atoms with Gasteiger partial charge >= 0.3 is 0 Å². The van der Waals surface area contributed by atoms with Crippen LogP contribution in [0.1, 0.15) is 39.5 Å². The summed E-state index contributed by atoms with van der Waals surface area (Å²) in [5.41, 5.74) is 6.89. The molecule has 0 aromatic carbocycles. The van der Waals surface area contributed by atoms with Crippen LogP contribution in [0.25, 0.3) is 0 Å². The zero-order valence-electron chi connectivity index (χ0n) is 10.6. The number of hydrogen-bond acceptors (Lipinski definition) is 3. The van der Waals surface area contributed by atoms with Gasteiger partial charge in [0.1, 0.15) is 0 Å². The quantitative estimate of drug-likeness (QED) is 0.796. The number of unbranched alkanes of at least 4 members (excludes halogenated alkanes) is 1. The molecule has 0 saturated heterocycles. The fourth-order valence-electron chi connectivity index (χ4n) is 1.73. The number of nitrogen functional groups attached to an aromatic ring is 1. The van der Waals surface area contributed by atoms with Gasteiger partial charge < -0.3 is 11.1 Å². The molecule has 0 bridgehead atoms. The van der Waals surface area contributed by atoms with E-state index in [-0.39, 0.29) is 11.8 Å². The van der Waals surface area contributed by atoms with Crippen molar-refractivity contribution in [2.24, 2.45) is 5.92 Å². The first-order valence-corrected chi connectivity index (χ1v) is 6.19. The van der Waals surface area contributed by atoms with Gasteiger partial charge in [0.15, 0.2) is 0 Å². The zero-order chi connectivity index (χ0) is 12.7. The third-order valence-corrected chi connectivity index (χ3v) is 2.88. The molecule has 0 aliphatic carbocycles. The van der Waals surface area contributed by atoms with Gasteiger partial charge in [0.25, 0.3) is 0 Å². The second kappa shape index (κ2) is 6.89. The Morgan fingerprint density at radius 2 is 2.29 bits per heavy atom. The summed E-state index contributed by atoms with van der Waals surface area (Å²) in [4.78, 5) is 15.9. The highest BCUT2D eigenvalue weighted by atomic mass is 16.1. The first-order chi connectivity index (χ1) is 8.19. The minimum Gasteiger partial charge on any atom is -0.396 e. The summed E-state index contributed by atoms with van der Waals surface area (Å²) < 4.78 is 0. The summed E-state index contributed by atoms with van der Waals surface area (Å²) in [7, 11) is 0. The number of nitrogens with two attached hydrogens (primary N) is 1. The van der Waals surface area contributed by atoms with Crippen molar-refractivity contribution in [2.75, 3.05) is 11.1 Å². The fourth-order valence-corrected chi connectivity index (χ4v) is 1.73. The maximum atomic E-state index is 12.0. The molecule has 0 aliphatic rings. The molecule has 0 fully saturated rings. The Morgan fingerprint density at radius 3 is 2.88 bits per heavy atom. The molecule has 94 valence electrons. The van der Waals surface area contributed by atoms with Crippen molar-refractivity contribution in [3.63, 3.8) is 0 Å². The van der Waals surface area contributed by atoms with Gasteiger partial charge in [0.05, 0.1) is 17.6 Å². The largest absolute Gasteiger partial charge is 0.396 e. The Labute approximate surface area is 103 Å². The van der Waals surface area contributed by atoms with E-state index in [1.807, 2.05) is 6.92 Å². The van der Waals surface area contributed by atoms with Crippen molar-refractivity contribution < 1.29 is 4.79 Å². The molecule has 17 heavy (non-hydrogen) atoms. The smallest absolute Gasteiger partial charge is 0.227 e. The summed E-state index contributed by atoms with van der Waals surface area (Å²) in [5.74, 6) is 0.126. The lowest BCUT2D eigenvalue weighted by Crippen LogP contribution is -2.22. The molecule has 4 heteroatoms. The monoisotopic (exact) mass is 235 g/mol. The number of amides is 1. The second-order valence-electron chi connectivity index (χ2n) is 4.20. The standard InChI is InChI=1S/C13H21N3O/c1-3-5-6-10(4-2)13(17)16-12-7-8-15-9-11(12)14/h7-10H,3-6,14H2,1-2H3,(H,15,16,17). The molecule has 0 radical (unpaired) electrons. The molecule has 1 atom stereocenters. The Hall–Kier alpha value is -1.58. The van der Waals surface area contributed by atoms with Crippen molar-refractivity contribution in [1.82, 2.24) is 4.98 Å². The van der Waals surface area contributed by atoms with Crippen LogP contribution in [0.15, 0.2) is 18.5 Å². The molecule has 4 nitrogen and oxygen atoms in total. The van der Waals surface area contributed by atoms with Crippen LogP contribution in [0.3, 0.4) is 0 Å². The summed E-state index contributed by atoms with van der Waals surface area (Å²) in [6.07, 6.45) is 7.15. The van der Waals surface area contributed by atoms with E-state index in [2.05, 4.69) is 17.2 Å². The highest BCUT2D eigenvalue weighted by Gasteiger charge is 2.16. The van der Waals surface area contributed by atoms with E-state index < -0.39 is 0 Å². The number of pyridine rings is 1. The minimum atomic E-state index is 0.0545. The highest BCUT2D eigenvalue weighted by Crippen LogP contribution is 2.19. The van der Waals surface area contributed by atoms with Crippen LogP contribution in [0.2, 0.25) is 0 Å². The molecule has 0 saturated carbocycles. The molecule has 3 N–H and O–H groups in total. The lowest BCUT2D eigenvalue weighted by Gasteiger charge is -2.15. The number of aromatic nitrogens is 1. The molecule has 1 unspecified atom stereocenters. The highest BCUT2D eigenvalue weighted by molar-refractivity contribution is 5.95. The number of rotatable bonds is 6. The van der Waals surface area contributed by atoms with E-state index in [0.717, 1.165) is 25.7 Å². The molecule has 1 amide bonds. The minimum absolute atomic E-state index is 0.0545. The van der Waals surface area contributed by atoms with E-state index >= 15 is 0 Å². The van der Waals surface area contributed by atoms with Gasteiger partial charge in [-0.25, -0.2) is 0 Å². The van der Waals surface area contributed by atoms with E-state index in [9.17, 15) is 4.79 Å². The second-order valence-corrected chi connectivity index (χ2v) is 4.20. The fraction of sp³-hybridized carbons (Fsp3) is 0.538. The van der Waals surface area contributed by atoms with Gasteiger partial charge in [0, 0.05) is 12.1 Å². The number of hydrogen-bond donors (Lipinski definition) is 2. The Morgan fingerprint density at radius 1 is 1.53 bits per heavy atom. The van der Waals surface area contributed by atoms with Crippen molar-refractivity contribution >= 4 is 17.3 Å². The maximum Gasteiger partial charge on any atom is 0.227 e. The van der Waals surface area contributed by atoms with Gasteiger partial charge in [-0.1, -0.05) is 26.7 Å². The topological polar surface area (TPSA) is 68.0 Å². The molecule has 0 spiro atoms. The lowest BCUT2D eigenvalue weighted by atomic mass is 9.98. The maximum absolute atomic E-state index is 12.0. The Kier molecular flexibility index (Phi) is 5.46. The van der Waals surface area contributed by atoms with E-state index in [4.69, 9.17) is 5.73 Å². The molecule has 1 heterocycles. The van der Waals surface area contributed by atoms with Gasteiger partial charge in [-0.15, -0.1) is 0 Å². The number of carbonyl (C=O) groups is 1. The average molecular weight is 235 g/mol. The SMILES string of the molecule is CCCCC(CC)C(=O)Nc1ccncc1N. The van der Waals surface area contributed by atoms with Crippen molar-refractivity contribution in [3.05, 3.63) is 18.5 Å². The number of nitrogens with zero attached hydrogens (tertiary/aromatic N) is 1. The number of carbonyl (C=O) groups excluding carboxylic acids is 1.